The van der Waals surface area contributed by atoms with E-state index >= 15 is 0 Å². The van der Waals surface area contributed by atoms with E-state index in [-0.39, 0.29) is 28.8 Å². The molecule has 1 amide bonds. The fourth-order valence-electron chi connectivity index (χ4n) is 1.19. The average molecular weight is 236 g/mol. The number of amides is 1. The third kappa shape index (κ3) is 3.37. The largest absolute Gasteiger partial charge is 0.464 e. The molecule has 0 saturated carbocycles. The molecule has 1 heterocycles. The van der Waals surface area contributed by atoms with E-state index in [2.05, 4.69) is 15.0 Å². The van der Waals surface area contributed by atoms with Gasteiger partial charge in [-0.2, -0.15) is 0 Å². The van der Waals surface area contributed by atoms with Crippen molar-refractivity contribution in [1.82, 2.24) is 4.98 Å². The van der Waals surface area contributed by atoms with Gasteiger partial charge < -0.3 is 10.1 Å². The normalized spacial score (nSPS) is 9.59. The van der Waals surface area contributed by atoms with Crippen molar-refractivity contribution in [1.29, 1.82) is 0 Å². The van der Waals surface area contributed by atoms with Crippen molar-refractivity contribution in [3.8, 4) is 0 Å². The Morgan fingerprint density at radius 1 is 1.24 bits per heavy atom. The first kappa shape index (κ1) is 12.8. The first-order valence-corrected chi connectivity index (χ1v) is 4.83. The maximum absolute atomic E-state index is 11.3. The summed E-state index contributed by atoms with van der Waals surface area (Å²) in [7, 11) is 1.21. The smallest absolute Gasteiger partial charge is 0.356 e. The van der Waals surface area contributed by atoms with Crippen LogP contribution in [0.5, 0.6) is 0 Å². The molecule has 6 heteroatoms. The topological polar surface area (TPSA) is 85.4 Å². The minimum Gasteiger partial charge on any atom is -0.464 e. The summed E-state index contributed by atoms with van der Waals surface area (Å²) in [6.07, 6.45) is 0. The fraction of sp³-hybridized carbons (Fsp3) is 0.273. The van der Waals surface area contributed by atoms with Crippen LogP contribution in [0.3, 0.4) is 0 Å². The van der Waals surface area contributed by atoms with E-state index in [1.54, 1.807) is 0 Å². The van der Waals surface area contributed by atoms with E-state index in [0.29, 0.717) is 0 Å². The van der Waals surface area contributed by atoms with Crippen molar-refractivity contribution in [3.05, 3.63) is 23.4 Å². The van der Waals surface area contributed by atoms with Crippen LogP contribution in [-0.2, 0) is 9.53 Å². The molecule has 0 aliphatic carbocycles. The van der Waals surface area contributed by atoms with E-state index < -0.39 is 5.97 Å². The Morgan fingerprint density at radius 2 is 1.88 bits per heavy atom. The van der Waals surface area contributed by atoms with Crippen molar-refractivity contribution in [2.24, 2.45) is 0 Å². The number of esters is 1. The van der Waals surface area contributed by atoms with Gasteiger partial charge in [0.1, 0.15) is 5.82 Å². The standard InChI is InChI=1S/C11H12N2O4/c1-6(14)8-4-9(11(16)17-3)13-10(5-8)12-7(2)15/h4-5H,1-3H3,(H,12,13,15). The number of hydrogen-bond acceptors (Lipinski definition) is 5. The monoisotopic (exact) mass is 236 g/mol. The van der Waals surface area contributed by atoms with Crippen LogP contribution in [0.15, 0.2) is 12.1 Å². The average Bonchev–Trinajstić information content (AvgIpc) is 2.26. The second kappa shape index (κ2) is 5.20. The van der Waals surface area contributed by atoms with Gasteiger partial charge >= 0.3 is 5.97 Å². The summed E-state index contributed by atoms with van der Waals surface area (Å²) in [6, 6.07) is 2.72. The number of aromatic nitrogens is 1. The molecule has 0 fully saturated rings. The van der Waals surface area contributed by atoms with E-state index in [1.807, 2.05) is 0 Å². The summed E-state index contributed by atoms with van der Waals surface area (Å²) in [5.74, 6) is -1.09. The zero-order valence-corrected chi connectivity index (χ0v) is 9.73. The number of rotatable bonds is 3. The second-order valence-electron chi connectivity index (χ2n) is 3.36. The van der Waals surface area contributed by atoms with E-state index in [9.17, 15) is 14.4 Å². The van der Waals surface area contributed by atoms with Crippen molar-refractivity contribution >= 4 is 23.5 Å². The molecule has 1 N–H and O–H groups in total. The van der Waals surface area contributed by atoms with Crippen LogP contribution in [-0.4, -0.2) is 29.8 Å². The lowest BCUT2D eigenvalue weighted by Gasteiger charge is -2.06. The lowest BCUT2D eigenvalue weighted by molar-refractivity contribution is -0.114. The number of pyridine rings is 1. The molecule has 1 aromatic heterocycles. The predicted octanol–water partition coefficient (Wildman–Crippen LogP) is 1.03. The highest BCUT2D eigenvalue weighted by molar-refractivity contribution is 5.99. The molecule has 1 aromatic rings. The van der Waals surface area contributed by atoms with Crippen LogP contribution in [0.1, 0.15) is 34.7 Å². The van der Waals surface area contributed by atoms with Gasteiger partial charge in [-0.3, -0.25) is 9.59 Å². The fourth-order valence-corrected chi connectivity index (χ4v) is 1.19. The molecule has 0 radical (unpaired) electrons. The van der Waals surface area contributed by atoms with Gasteiger partial charge in [0, 0.05) is 12.5 Å². The van der Waals surface area contributed by atoms with Gasteiger partial charge in [-0.25, -0.2) is 9.78 Å². The molecule has 6 nitrogen and oxygen atoms in total. The Morgan fingerprint density at radius 3 is 2.35 bits per heavy atom. The Labute approximate surface area is 98.0 Å². The van der Waals surface area contributed by atoms with Crippen molar-refractivity contribution in [2.45, 2.75) is 13.8 Å². The SMILES string of the molecule is COC(=O)c1cc(C(C)=O)cc(NC(C)=O)n1. The third-order valence-corrected chi connectivity index (χ3v) is 1.93. The van der Waals surface area contributed by atoms with Gasteiger partial charge in [-0.1, -0.05) is 0 Å². The first-order chi connectivity index (χ1) is 7.93. The van der Waals surface area contributed by atoms with Crippen LogP contribution in [0, 0.1) is 0 Å². The number of carbonyl (C=O) groups is 3. The van der Waals surface area contributed by atoms with Crippen LogP contribution >= 0.6 is 0 Å². The van der Waals surface area contributed by atoms with Gasteiger partial charge in [-0.15, -0.1) is 0 Å². The predicted molar refractivity (Wildman–Crippen MR) is 59.9 cm³/mol. The van der Waals surface area contributed by atoms with Crippen LogP contribution in [0.2, 0.25) is 0 Å². The van der Waals surface area contributed by atoms with Gasteiger partial charge in [0.25, 0.3) is 0 Å². The zero-order chi connectivity index (χ0) is 13.0. The summed E-state index contributed by atoms with van der Waals surface area (Å²) in [4.78, 5) is 37.3. The van der Waals surface area contributed by atoms with Gasteiger partial charge in [-0.05, 0) is 19.1 Å². The number of hydrogen-bond donors (Lipinski definition) is 1. The highest BCUT2D eigenvalue weighted by Crippen LogP contribution is 2.12. The number of carbonyl (C=O) groups excluding carboxylic acids is 3. The second-order valence-corrected chi connectivity index (χ2v) is 3.36. The molecule has 0 saturated heterocycles. The van der Waals surface area contributed by atoms with Crippen molar-refractivity contribution < 1.29 is 19.1 Å². The number of Topliss-reactive ketones (excluding diaryl/α,β-unsaturated/α-hetero) is 1. The summed E-state index contributed by atoms with van der Waals surface area (Å²) in [5, 5.41) is 2.41. The summed E-state index contributed by atoms with van der Waals surface area (Å²) < 4.78 is 4.51. The molecule has 0 bridgehead atoms. The van der Waals surface area contributed by atoms with Crippen molar-refractivity contribution in [2.75, 3.05) is 12.4 Å². The maximum atomic E-state index is 11.3. The zero-order valence-electron chi connectivity index (χ0n) is 9.73. The lowest BCUT2D eigenvalue weighted by atomic mass is 10.1. The van der Waals surface area contributed by atoms with Gasteiger partial charge in [0.2, 0.25) is 5.91 Å². The molecule has 1 rings (SSSR count). The molecule has 0 aliphatic rings. The molecule has 0 spiro atoms. The molecule has 0 aliphatic heterocycles. The third-order valence-electron chi connectivity index (χ3n) is 1.93. The highest BCUT2D eigenvalue weighted by Gasteiger charge is 2.13. The van der Waals surface area contributed by atoms with E-state index in [4.69, 9.17) is 0 Å². The Balaban J connectivity index is 3.23. The molecule has 90 valence electrons. The van der Waals surface area contributed by atoms with E-state index in [1.165, 1.54) is 33.1 Å². The molecular weight excluding hydrogens is 224 g/mol. The number of nitrogens with one attached hydrogen (secondary N) is 1. The number of anilines is 1. The number of ketones is 1. The minimum absolute atomic E-state index is 0.0241. The molecule has 0 atom stereocenters. The van der Waals surface area contributed by atoms with E-state index in [0.717, 1.165) is 0 Å². The number of methoxy groups -OCH3 is 1. The van der Waals surface area contributed by atoms with Crippen molar-refractivity contribution in [3.63, 3.8) is 0 Å². The van der Waals surface area contributed by atoms with Crippen LogP contribution in [0.25, 0.3) is 0 Å². The number of ether oxygens (including phenoxy) is 1. The first-order valence-electron chi connectivity index (χ1n) is 4.83. The number of nitrogens with zero attached hydrogens (tertiary/aromatic N) is 1. The summed E-state index contributed by atoms with van der Waals surface area (Å²) >= 11 is 0. The summed E-state index contributed by atoms with van der Waals surface area (Å²) in [5.41, 5.74) is 0.258. The molecule has 0 unspecified atom stereocenters. The Kier molecular flexibility index (Phi) is 3.92. The lowest BCUT2D eigenvalue weighted by Crippen LogP contribution is -2.12. The Hall–Kier alpha value is -2.24. The quantitative estimate of drug-likeness (QED) is 0.625. The van der Waals surface area contributed by atoms with Gasteiger partial charge in [0.15, 0.2) is 11.5 Å². The highest BCUT2D eigenvalue weighted by atomic mass is 16.5. The molecule has 17 heavy (non-hydrogen) atoms. The molecule has 0 aromatic carbocycles. The maximum Gasteiger partial charge on any atom is 0.356 e. The minimum atomic E-state index is -0.667. The Bertz CT molecular complexity index is 482. The van der Waals surface area contributed by atoms with Crippen LogP contribution in [0.4, 0.5) is 5.82 Å². The van der Waals surface area contributed by atoms with Gasteiger partial charge in [0.05, 0.1) is 7.11 Å². The van der Waals surface area contributed by atoms with Crippen LogP contribution < -0.4 is 5.32 Å². The molecular formula is C11H12N2O4. The summed E-state index contributed by atoms with van der Waals surface area (Å²) in [6.45, 7) is 2.66.